The van der Waals surface area contributed by atoms with Crippen LogP contribution in [0.5, 0.6) is 23.0 Å². The molecule has 0 aliphatic heterocycles. The molecule has 0 bridgehead atoms. The van der Waals surface area contributed by atoms with Gasteiger partial charge in [-0.1, -0.05) is 51.8 Å². The molecule has 0 fully saturated rings. The average molecular weight is 514 g/mol. The Balaban J connectivity index is 1.59. The molecule has 33 heavy (non-hydrogen) atoms. The molecule has 3 aromatic carbocycles. The second kappa shape index (κ2) is 12.5. The minimum atomic E-state index is 0.496. The lowest BCUT2D eigenvalue weighted by Crippen LogP contribution is -2.17. The summed E-state index contributed by atoms with van der Waals surface area (Å²) in [7, 11) is 3.30. The van der Waals surface area contributed by atoms with Crippen molar-refractivity contribution in [3.63, 3.8) is 0 Å². The normalized spacial score (nSPS) is 10.7. The van der Waals surface area contributed by atoms with Gasteiger partial charge in [0.05, 0.1) is 20.8 Å². The highest BCUT2D eigenvalue weighted by Gasteiger charge is 2.12. The third-order valence-corrected chi connectivity index (χ3v) is 6.02. The van der Waals surface area contributed by atoms with Gasteiger partial charge in [0.15, 0.2) is 23.0 Å². The van der Waals surface area contributed by atoms with E-state index in [0.29, 0.717) is 19.8 Å². The Hall–Kier alpha value is -2.70. The Kier molecular flexibility index (Phi) is 9.46. The summed E-state index contributed by atoms with van der Waals surface area (Å²) in [6, 6.07) is 18.4. The molecule has 0 amide bonds. The third kappa shape index (κ3) is 7.14. The molecule has 3 rings (SSSR count). The molecule has 0 aromatic heterocycles. The van der Waals surface area contributed by atoms with E-state index in [1.54, 1.807) is 14.2 Å². The molecule has 0 radical (unpaired) electrons. The molecule has 0 unspecified atom stereocenters. The maximum atomic E-state index is 6.08. The highest BCUT2D eigenvalue weighted by molar-refractivity contribution is 9.10. The van der Waals surface area contributed by atoms with Crippen molar-refractivity contribution >= 4 is 15.9 Å². The summed E-state index contributed by atoms with van der Waals surface area (Å²) in [6.07, 6.45) is 0.883. The zero-order valence-electron chi connectivity index (χ0n) is 19.7. The first-order valence-corrected chi connectivity index (χ1v) is 11.9. The topological polar surface area (TPSA) is 49.0 Å². The van der Waals surface area contributed by atoms with Crippen molar-refractivity contribution in [1.29, 1.82) is 0 Å². The van der Waals surface area contributed by atoms with Crippen molar-refractivity contribution < 1.29 is 18.9 Å². The molecule has 0 heterocycles. The minimum Gasteiger partial charge on any atom is -0.493 e. The molecule has 176 valence electrons. The van der Waals surface area contributed by atoms with Crippen LogP contribution in [0.2, 0.25) is 0 Å². The van der Waals surface area contributed by atoms with Crippen molar-refractivity contribution in [2.24, 2.45) is 0 Å². The van der Waals surface area contributed by atoms with Gasteiger partial charge in [-0.2, -0.15) is 0 Å². The predicted molar refractivity (Wildman–Crippen MR) is 136 cm³/mol. The van der Waals surface area contributed by atoms with Crippen LogP contribution < -0.4 is 24.3 Å². The van der Waals surface area contributed by atoms with Crippen molar-refractivity contribution in [2.75, 3.05) is 27.4 Å². The molecule has 6 heteroatoms. The van der Waals surface area contributed by atoms with Gasteiger partial charge in [-0.3, -0.25) is 0 Å². The first kappa shape index (κ1) is 24.9. The molecule has 0 saturated carbocycles. The number of nitrogens with one attached hydrogen (secondary N) is 1. The van der Waals surface area contributed by atoms with E-state index < -0.39 is 0 Å². The van der Waals surface area contributed by atoms with Crippen molar-refractivity contribution in [2.45, 2.75) is 33.4 Å². The van der Waals surface area contributed by atoms with Crippen molar-refractivity contribution in [3.05, 3.63) is 81.3 Å². The van der Waals surface area contributed by atoms with Gasteiger partial charge >= 0.3 is 0 Å². The van der Waals surface area contributed by atoms with Crippen LogP contribution in [0.4, 0.5) is 0 Å². The molecule has 0 spiro atoms. The van der Waals surface area contributed by atoms with Gasteiger partial charge in [-0.25, -0.2) is 0 Å². The van der Waals surface area contributed by atoms with Gasteiger partial charge in [0.2, 0.25) is 0 Å². The largest absolute Gasteiger partial charge is 0.493 e. The lowest BCUT2D eigenvalue weighted by molar-refractivity contribution is 0.269. The average Bonchev–Trinajstić information content (AvgIpc) is 2.83. The summed E-state index contributed by atoms with van der Waals surface area (Å²) < 4.78 is 23.6. The first-order valence-electron chi connectivity index (χ1n) is 11.1. The van der Waals surface area contributed by atoms with Gasteiger partial charge in [0.1, 0.15) is 6.61 Å². The smallest absolute Gasteiger partial charge is 0.162 e. The number of hydrogen-bond donors (Lipinski definition) is 1. The van der Waals surface area contributed by atoms with E-state index >= 15 is 0 Å². The number of hydrogen-bond acceptors (Lipinski definition) is 5. The van der Waals surface area contributed by atoms with Gasteiger partial charge in [0, 0.05) is 11.0 Å². The standard InChI is InChI=1S/C27H32BrNO4/c1-5-32-26-15-22(17-29-13-12-20-10-11-24(30-3)25(14-20)31-4)23(28)16-27(26)33-18-21-8-6-19(2)7-9-21/h6-11,14-16,29H,5,12-13,17-18H2,1-4H3. The lowest BCUT2D eigenvalue weighted by atomic mass is 10.1. The zero-order valence-corrected chi connectivity index (χ0v) is 21.3. The Labute approximate surface area is 205 Å². The summed E-state index contributed by atoms with van der Waals surface area (Å²) in [4.78, 5) is 0. The Morgan fingerprint density at radius 2 is 1.48 bits per heavy atom. The van der Waals surface area contributed by atoms with Crippen LogP contribution in [0.1, 0.15) is 29.2 Å². The van der Waals surface area contributed by atoms with Crippen LogP contribution in [-0.2, 0) is 19.6 Å². The molecule has 3 aromatic rings. The number of ether oxygens (including phenoxy) is 4. The van der Waals surface area contributed by atoms with Gasteiger partial charge in [-0.05, 0) is 67.8 Å². The maximum absolute atomic E-state index is 6.08. The summed E-state index contributed by atoms with van der Waals surface area (Å²) in [5.74, 6) is 2.98. The van der Waals surface area contributed by atoms with Crippen LogP contribution in [0.3, 0.4) is 0 Å². The zero-order chi connectivity index (χ0) is 23.6. The Morgan fingerprint density at radius 3 is 2.18 bits per heavy atom. The number of methoxy groups -OCH3 is 2. The summed E-state index contributed by atoms with van der Waals surface area (Å²) >= 11 is 3.69. The molecule has 0 aliphatic carbocycles. The number of benzene rings is 3. The van der Waals surface area contributed by atoms with E-state index in [1.807, 2.05) is 31.2 Å². The van der Waals surface area contributed by atoms with Crippen LogP contribution in [0.25, 0.3) is 0 Å². The van der Waals surface area contributed by atoms with E-state index in [-0.39, 0.29) is 0 Å². The monoisotopic (exact) mass is 513 g/mol. The number of rotatable bonds is 12. The molecule has 5 nitrogen and oxygen atoms in total. The molecular weight excluding hydrogens is 482 g/mol. The van der Waals surface area contributed by atoms with Crippen LogP contribution >= 0.6 is 15.9 Å². The van der Waals surface area contributed by atoms with Crippen LogP contribution in [0.15, 0.2) is 59.1 Å². The lowest BCUT2D eigenvalue weighted by Gasteiger charge is -2.16. The van der Waals surface area contributed by atoms with E-state index in [2.05, 4.69) is 58.5 Å². The fourth-order valence-electron chi connectivity index (χ4n) is 3.43. The van der Waals surface area contributed by atoms with E-state index in [0.717, 1.165) is 51.6 Å². The summed E-state index contributed by atoms with van der Waals surface area (Å²) in [5, 5.41) is 3.51. The SMILES string of the molecule is CCOc1cc(CNCCc2ccc(OC)c(OC)c2)c(Br)cc1OCc1ccc(C)cc1. The van der Waals surface area contributed by atoms with Gasteiger partial charge in [-0.15, -0.1) is 0 Å². The van der Waals surface area contributed by atoms with E-state index in [4.69, 9.17) is 18.9 Å². The first-order chi connectivity index (χ1) is 16.0. The second-order valence-corrected chi connectivity index (χ2v) is 8.57. The highest BCUT2D eigenvalue weighted by atomic mass is 79.9. The Bertz CT molecular complexity index is 1040. The highest BCUT2D eigenvalue weighted by Crippen LogP contribution is 2.34. The van der Waals surface area contributed by atoms with Crippen molar-refractivity contribution in [1.82, 2.24) is 5.32 Å². The maximum Gasteiger partial charge on any atom is 0.162 e. The fourth-order valence-corrected chi connectivity index (χ4v) is 3.89. The molecule has 1 N–H and O–H groups in total. The van der Waals surface area contributed by atoms with E-state index in [9.17, 15) is 0 Å². The number of halogens is 1. The van der Waals surface area contributed by atoms with Gasteiger partial charge < -0.3 is 24.3 Å². The van der Waals surface area contributed by atoms with Gasteiger partial charge in [0.25, 0.3) is 0 Å². The number of aryl methyl sites for hydroxylation is 1. The second-order valence-electron chi connectivity index (χ2n) is 7.71. The fraction of sp³-hybridized carbons (Fsp3) is 0.333. The molecular formula is C27H32BrNO4. The molecule has 0 atom stereocenters. The Morgan fingerprint density at radius 1 is 0.788 bits per heavy atom. The van der Waals surface area contributed by atoms with E-state index in [1.165, 1.54) is 11.1 Å². The quantitative estimate of drug-likeness (QED) is 0.297. The summed E-state index contributed by atoms with van der Waals surface area (Å²) in [5.41, 5.74) is 4.67. The third-order valence-electron chi connectivity index (χ3n) is 5.28. The minimum absolute atomic E-state index is 0.496. The molecule has 0 aliphatic rings. The molecule has 0 saturated heterocycles. The summed E-state index contributed by atoms with van der Waals surface area (Å²) in [6.45, 7) is 6.68. The van der Waals surface area contributed by atoms with Crippen molar-refractivity contribution in [3.8, 4) is 23.0 Å². The van der Waals surface area contributed by atoms with Crippen LogP contribution in [-0.4, -0.2) is 27.4 Å². The predicted octanol–water partition coefficient (Wildman–Crippen LogP) is 6.08. The van der Waals surface area contributed by atoms with Crippen LogP contribution in [0, 0.1) is 6.92 Å².